The van der Waals surface area contributed by atoms with Crippen LogP contribution >= 0.6 is 0 Å². The summed E-state index contributed by atoms with van der Waals surface area (Å²) >= 11 is 0. The molecule has 0 spiro atoms. The second-order valence-electron chi connectivity index (χ2n) is 8.72. The van der Waals surface area contributed by atoms with Crippen molar-refractivity contribution >= 4 is 6.72 Å². The molecule has 0 aromatic carbocycles. The molecule has 0 atom stereocenters. The van der Waals surface area contributed by atoms with Crippen LogP contribution in [0.25, 0.3) is 0 Å². The molecule has 1 N–H and O–H groups in total. The number of nitrogens with one attached hydrogen (secondary N) is 1. The quantitative estimate of drug-likeness (QED) is 0.130. The van der Waals surface area contributed by atoms with E-state index in [0.717, 1.165) is 25.9 Å². The van der Waals surface area contributed by atoms with Crippen LogP contribution in [0, 0.1) is 0 Å². The summed E-state index contributed by atoms with van der Waals surface area (Å²) in [5.41, 5.74) is 8.02. The number of hydrazone groups is 1. The molecular formula is C27H47N3. The zero-order valence-corrected chi connectivity index (χ0v) is 20.4. The van der Waals surface area contributed by atoms with Crippen LogP contribution in [0.2, 0.25) is 0 Å². The molecule has 0 aromatic heterocycles. The lowest BCUT2D eigenvalue weighted by atomic mass is 9.85. The SMILES string of the molecule is C=CCCCCC1=C(C)CCCCC(CCCCNC/C(=C/N(C)N=C)CC)=C1C. The van der Waals surface area contributed by atoms with Crippen LogP contribution in [0.5, 0.6) is 0 Å². The highest BCUT2D eigenvalue weighted by molar-refractivity contribution is 5.38. The van der Waals surface area contributed by atoms with Gasteiger partial charge in [-0.25, -0.2) is 0 Å². The molecule has 30 heavy (non-hydrogen) atoms. The Balaban J connectivity index is 2.52. The maximum Gasteiger partial charge on any atom is 0.0296 e. The van der Waals surface area contributed by atoms with Crippen molar-refractivity contribution in [3.8, 4) is 0 Å². The third-order valence-electron chi connectivity index (χ3n) is 6.34. The van der Waals surface area contributed by atoms with E-state index in [1.807, 2.05) is 7.05 Å². The molecule has 0 aromatic rings. The fourth-order valence-corrected chi connectivity index (χ4v) is 4.31. The van der Waals surface area contributed by atoms with Gasteiger partial charge in [0, 0.05) is 26.5 Å². The Hall–Kier alpha value is -1.61. The van der Waals surface area contributed by atoms with Gasteiger partial charge in [0.05, 0.1) is 0 Å². The zero-order valence-electron chi connectivity index (χ0n) is 20.4. The lowest BCUT2D eigenvalue weighted by molar-refractivity contribution is 0.485. The minimum atomic E-state index is 0.939. The highest BCUT2D eigenvalue weighted by Crippen LogP contribution is 2.33. The minimum Gasteiger partial charge on any atom is -0.313 e. The Bertz CT molecular complexity index is 610. The first-order chi connectivity index (χ1) is 14.5. The molecule has 0 saturated carbocycles. The summed E-state index contributed by atoms with van der Waals surface area (Å²) in [6.07, 6.45) is 19.2. The molecule has 0 amide bonds. The Labute approximate surface area is 187 Å². The summed E-state index contributed by atoms with van der Waals surface area (Å²) in [4.78, 5) is 0. The lowest BCUT2D eigenvalue weighted by Gasteiger charge is -2.21. The summed E-state index contributed by atoms with van der Waals surface area (Å²) in [6, 6.07) is 0. The Morgan fingerprint density at radius 2 is 1.83 bits per heavy atom. The van der Waals surface area contributed by atoms with Crippen molar-refractivity contribution in [1.29, 1.82) is 0 Å². The number of nitrogens with zero attached hydrogens (tertiary/aromatic N) is 2. The van der Waals surface area contributed by atoms with E-state index in [-0.39, 0.29) is 0 Å². The first kappa shape index (κ1) is 26.4. The summed E-state index contributed by atoms with van der Waals surface area (Å²) in [6.45, 7) is 16.4. The molecule has 1 aliphatic carbocycles. The highest BCUT2D eigenvalue weighted by Gasteiger charge is 2.13. The predicted molar refractivity (Wildman–Crippen MR) is 135 cm³/mol. The van der Waals surface area contributed by atoms with E-state index in [1.165, 1.54) is 69.8 Å². The summed E-state index contributed by atoms with van der Waals surface area (Å²) in [5, 5.41) is 9.30. The minimum absolute atomic E-state index is 0.939. The molecule has 3 heteroatoms. The van der Waals surface area contributed by atoms with Crippen LogP contribution in [-0.4, -0.2) is 31.9 Å². The van der Waals surface area contributed by atoms with E-state index in [4.69, 9.17) is 0 Å². The standard InChI is InChI=1S/C27H47N3/c1-7-9-10-11-19-27-23(3)16-12-13-17-26(24(27)4)18-14-15-20-29-21-25(8-2)22-30(6)28-5/h7,22,29H,1,5,8-21H2,2-4,6H3/b25-22+,26-24?,27-23?. The van der Waals surface area contributed by atoms with Crippen LogP contribution in [0.15, 0.2) is 51.8 Å². The van der Waals surface area contributed by atoms with Gasteiger partial charge in [0.15, 0.2) is 0 Å². The molecule has 3 nitrogen and oxygen atoms in total. The molecular weight excluding hydrogens is 366 g/mol. The zero-order chi connectivity index (χ0) is 22.2. The highest BCUT2D eigenvalue weighted by atomic mass is 15.4. The average molecular weight is 414 g/mol. The van der Waals surface area contributed by atoms with Crippen molar-refractivity contribution in [2.24, 2.45) is 5.10 Å². The molecule has 0 bridgehead atoms. The van der Waals surface area contributed by atoms with Gasteiger partial charge in [-0.05, 0) is 114 Å². The molecule has 170 valence electrons. The molecule has 0 saturated heterocycles. The van der Waals surface area contributed by atoms with E-state index >= 15 is 0 Å². The number of hydrogen-bond acceptors (Lipinski definition) is 3. The third kappa shape index (κ3) is 10.4. The van der Waals surface area contributed by atoms with Crippen LogP contribution < -0.4 is 5.32 Å². The van der Waals surface area contributed by atoms with Crippen LogP contribution in [0.4, 0.5) is 0 Å². The number of rotatable bonds is 15. The molecule has 0 unspecified atom stereocenters. The number of hydrogen-bond donors (Lipinski definition) is 1. The Kier molecular flexibility index (Phi) is 14.2. The molecule has 0 aliphatic heterocycles. The number of allylic oxidation sites excluding steroid dienone is 5. The van der Waals surface area contributed by atoms with Crippen molar-refractivity contribution in [3.63, 3.8) is 0 Å². The molecule has 0 radical (unpaired) electrons. The van der Waals surface area contributed by atoms with E-state index in [0.29, 0.717) is 0 Å². The van der Waals surface area contributed by atoms with Crippen LogP contribution in [0.3, 0.4) is 0 Å². The van der Waals surface area contributed by atoms with Crippen molar-refractivity contribution < 1.29 is 0 Å². The monoisotopic (exact) mass is 413 g/mol. The van der Waals surface area contributed by atoms with E-state index < -0.39 is 0 Å². The van der Waals surface area contributed by atoms with Gasteiger partial charge >= 0.3 is 0 Å². The summed E-state index contributed by atoms with van der Waals surface area (Å²) in [7, 11) is 1.93. The summed E-state index contributed by atoms with van der Waals surface area (Å²) in [5.74, 6) is 0. The average Bonchev–Trinajstić information content (AvgIpc) is 2.74. The Morgan fingerprint density at radius 1 is 1.10 bits per heavy atom. The van der Waals surface area contributed by atoms with Crippen LogP contribution in [0.1, 0.15) is 97.8 Å². The van der Waals surface area contributed by atoms with Gasteiger partial charge in [-0.15, -0.1) is 6.58 Å². The first-order valence-electron chi connectivity index (χ1n) is 12.1. The van der Waals surface area contributed by atoms with E-state index in [1.54, 1.807) is 27.3 Å². The maximum atomic E-state index is 3.91. The smallest absolute Gasteiger partial charge is 0.0296 e. The van der Waals surface area contributed by atoms with Gasteiger partial charge in [-0.1, -0.05) is 24.1 Å². The molecule has 1 rings (SSSR count). The lowest BCUT2D eigenvalue weighted by Crippen LogP contribution is -2.19. The second kappa shape index (κ2) is 16.1. The van der Waals surface area contributed by atoms with Gasteiger partial charge < -0.3 is 5.32 Å². The fraction of sp³-hybridized carbons (Fsp3) is 0.667. The second-order valence-corrected chi connectivity index (χ2v) is 8.72. The van der Waals surface area contributed by atoms with Gasteiger partial charge in [0.2, 0.25) is 0 Å². The topological polar surface area (TPSA) is 27.6 Å². The van der Waals surface area contributed by atoms with Gasteiger partial charge in [0.25, 0.3) is 0 Å². The molecule has 1 aliphatic rings. The van der Waals surface area contributed by atoms with Crippen molar-refractivity contribution in [3.05, 3.63) is 46.7 Å². The van der Waals surface area contributed by atoms with Crippen molar-refractivity contribution in [1.82, 2.24) is 10.3 Å². The van der Waals surface area contributed by atoms with Crippen molar-refractivity contribution in [2.75, 3.05) is 20.1 Å². The first-order valence-corrected chi connectivity index (χ1v) is 12.1. The predicted octanol–water partition coefficient (Wildman–Crippen LogP) is 7.54. The van der Waals surface area contributed by atoms with Crippen LogP contribution in [-0.2, 0) is 0 Å². The van der Waals surface area contributed by atoms with Crippen molar-refractivity contribution in [2.45, 2.75) is 97.8 Å². The summed E-state index contributed by atoms with van der Waals surface area (Å²) < 4.78 is 0. The largest absolute Gasteiger partial charge is 0.313 e. The molecule has 0 heterocycles. The molecule has 0 fully saturated rings. The van der Waals surface area contributed by atoms with E-state index in [2.05, 4.69) is 56.8 Å². The Morgan fingerprint density at radius 3 is 2.53 bits per heavy atom. The van der Waals surface area contributed by atoms with E-state index in [9.17, 15) is 0 Å². The van der Waals surface area contributed by atoms with Gasteiger partial charge in [0.1, 0.15) is 0 Å². The number of unbranched alkanes of at least 4 members (excludes halogenated alkanes) is 3. The third-order valence-corrected chi connectivity index (χ3v) is 6.34. The van der Waals surface area contributed by atoms with Gasteiger partial charge in [-0.2, -0.15) is 5.10 Å². The normalized spacial score (nSPS) is 15.8. The van der Waals surface area contributed by atoms with Gasteiger partial charge in [-0.3, -0.25) is 5.01 Å². The fourth-order valence-electron chi connectivity index (χ4n) is 4.31. The maximum absolute atomic E-state index is 3.91.